The number of ether oxygens (including phenoxy) is 2. The van der Waals surface area contributed by atoms with Gasteiger partial charge in [0.15, 0.2) is 17.7 Å². The molecule has 3 aromatic carbocycles. The highest BCUT2D eigenvalue weighted by Crippen LogP contribution is 2.39. The maximum atomic E-state index is 13.9. The van der Waals surface area contributed by atoms with E-state index in [0.717, 1.165) is 5.56 Å². The van der Waals surface area contributed by atoms with Crippen molar-refractivity contribution in [1.82, 2.24) is 9.96 Å². The Morgan fingerprint density at radius 2 is 1.67 bits per heavy atom. The number of nitrogens with one attached hydrogen (secondary N) is 1. The molecule has 11 heteroatoms. The van der Waals surface area contributed by atoms with Crippen molar-refractivity contribution >= 4 is 46.6 Å². The molecular formula is C28H30Cl2N4O5. The third kappa shape index (κ3) is 5.85. The number of carbonyl (C=O) groups excluding carboxylic acids is 2. The number of anilines is 2. The van der Waals surface area contributed by atoms with Crippen LogP contribution in [0, 0.1) is 0 Å². The van der Waals surface area contributed by atoms with Gasteiger partial charge in [-0.1, -0.05) is 41.4 Å². The van der Waals surface area contributed by atoms with E-state index in [1.807, 2.05) is 18.2 Å². The average molecular weight is 573 g/mol. The molecule has 1 fully saturated rings. The first-order valence-electron chi connectivity index (χ1n) is 12.2. The van der Waals surface area contributed by atoms with E-state index in [0.29, 0.717) is 50.9 Å². The third-order valence-electron chi connectivity index (χ3n) is 6.68. The Balaban J connectivity index is 1.65. The Morgan fingerprint density at radius 1 is 1.00 bits per heavy atom. The predicted molar refractivity (Wildman–Crippen MR) is 151 cm³/mol. The topological polar surface area (TPSA) is 94.6 Å². The van der Waals surface area contributed by atoms with Crippen molar-refractivity contribution in [2.24, 2.45) is 0 Å². The number of halogens is 2. The fourth-order valence-electron chi connectivity index (χ4n) is 4.74. The van der Waals surface area contributed by atoms with Crippen LogP contribution >= 0.6 is 23.2 Å². The number of hydrogen-bond donors (Lipinski definition) is 2. The minimum absolute atomic E-state index is 0.304. The normalized spacial score (nSPS) is 16.3. The van der Waals surface area contributed by atoms with E-state index in [4.69, 9.17) is 32.7 Å². The highest BCUT2D eigenvalue weighted by atomic mass is 35.5. The van der Waals surface area contributed by atoms with Crippen LogP contribution in [0.25, 0.3) is 0 Å². The molecule has 1 saturated heterocycles. The number of amides is 4. The molecule has 206 valence electrons. The van der Waals surface area contributed by atoms with Crippen LogP contribution in [0.1, 0.15) is 19.4 Å². The second-order valence-electron chi connectivity index (χ2n) is 9.54. The second-order valence-corrected chi connectivity index (χ2v) is 10.4. The minimum atomic E-state index is -1.09. The summed E-state index contributed by atoms with van der Waals surface area (Å²) < 4.78 is 10.7. The SMILES string of the molecule is COc1ccc(CCN2C(=O)N(c3cccc(Cl)c3)[C@H](N(O)C(=O)Nc3cccc(Cl)c3)C2(C)C)cc1OC. The summed E-state index contributed by atoms with van der Waals surface area (Å²) in [6.07, 6.45) is -0.598. The lowest BCUT2D eigenvalue weighted by atomic mass is 9.99. The van der Waals surface area contributed by atoms with Gasteiger partial charge in [-0.25, -0.2) is 9.59 Å². The predicted octanol–water partition coefficient (Wildman–Crippen LogP) is 6.52. The number of carbonyl (C=O) groups is 2. The molecule has 0 aliphatic carbocycles. The van der Waals surface area contributed by atoms with E-state index in [-0.39, 0.29) is 6.03 Å². The van der Waals surface area contributed by atoms with E-state index in [9.17, 15) is 14.8 Å². The molecule has 2 N–H and O–H groups in total. The number of rotatable bonds is 8. The summed E-state index contributed by atoms with van der Waals surface area (Å²) in [5.74, 6) is 1.19. The van der Waals surface area contributed by atoms with Crippen molar-refractivity contribution in [3.63, 3.8) is 0 Å². The fourth-order valence-corrected chi connectivity index (χ4v) is 5.12. The number of benzene rings is 3. The van der Waals surface area contributed by atoms with Crippen LogP contribution in [0.4, 0.5) is 21.0 Å². The lowest BCUT2D eigenvalue weighted by molar-refractivity contribution is -0.0947. The molecule has 4 amide bonds. The van der Waals surface area contributed by atoms with Gasteiger partial charge in [-0.05, 0) is 74.4 Å². The number of urea groups is 2. The van der Waals surface area contributed by atoms with Gasteiger partial charge >= 0.3 is 12.1 Å². The van der Waals surface area contributed by atoms with Gasteiger partial charge in [0.25, 0.3) is 0 Å². The first kappa shape index (κ1) is 28.4. The second kappa shape index (κ2) is 11.6. The van der Waals surface area contributed by atoms with Gasteiger partial charge in [-0.2, -0.15) is 5.06 Å². The first-order valence-corrected chi connectivity index (χ1v) is 12.9. The molecule has 0 unspecified atom stereocenters. The molecule has 4 rings (SSSR count). The summed E-state index contributed by atoms with van der Waals surface area (Å²) in [4.78, 5) is 30.1. The number of methoxy groups -OCH3 is 2. The summed E-state index contributed by atoms with van der Waals surface area (Å²) in [5.41, 5.74) is 0.742. The monoisotopic (exact) mass is 572 g/mol. The van der Waals surface area contributed by atoms with Crippen LogP contribution < -0.4 is 19.7 Å². The standard InChI is InChI=1S/C28H30Cl2N4O5/c1-28(2)25(34(37)26(35)31-21-9-5-7-19(29)16-21)33(22-10-6-8-20(30)17-22)27(36)32(28)14-13-18-11-12-23(38-3)24(15-18)39-4/h5-12,15-17,25,37H,13-14H2,1-4H3,(H,31,35)/t25-/m1/s1. The molecule has 1 aliphatic rings. The minimum Gasteiger partial charge on any atom is -0.493 e. The molecular weight excluding hydrogens is 543 g/mol. The maximum absolute atomic E-state index is 13.9. The van der Waals surface area contributed by atoms with Crippen LogP contribution in [0.3, 0.4) is 0 Å². The third-order valence-corrected chi connectivity index (χ3v) is 7.15. The molecule has 9 nitrogen and oxygen atoms in total. The Labute approximate surface area is 237 Å². The molecule has 1 atom stereocenters. The zero-order valence-electron chi connectivity index (χ0n) is 22.0. The van der Waals surface area contributed by atoms with Crippen molar-refractivity contribution in [3.8, 4) is 11.5 Å². The Hall–Kier alpha value is -3.66. The highest BCUT2D eigenvalue weighted by Gasteiger charge is 2.55. The van der Waals surface area contributed by atoms with Gasteiger partial charge in [0.05, 0.1) is 19.8 Å². The quantitative estimate of drug-likeness (QED) is 0.236. The summed E-state index contributed by atoms with van der Waals surface area (Å²) in [7, 11) is 3.13. The molecule has 0 radical (unpaired) electrons. The van der Waals surface area contributed by atoms with Crippen LogP contribution in [0.2, 0.25) is 10.0 Å². The van der Waals surface area contributed by atoms with Crippen molar-refractivity contribution in [2.45, 2.75) is 32.0 Å². The summed E-state index contributed by atoms with van der Waals surface area (Å²) in [5, 5.41) is 15.2. The Kier molecular flexibility index (Phi) is 8.44. The van der Waals surface area contributed by atoms with Crippen LogP contribution in [0.15, 0.2) is 66.7 Å². The molecule has 1 aliphatic heterocycles. The smallest absolute Gasteiger partial charge is 0.347 e. The van der Waals surface area contributed by atoms with Crippen LogP contribution in [0.5, 0.6) is 11.5 Å². The van der Waals surface area contributed by atoms with Crippen molar-refractivity contribution < 1.29 is 24.3 Å². The van der Waals surface area contributed by atoms with Gasteiger partial charge < -0.3 is 19.7 Å². The Bertz CT molecular complexity index is 1370. The van der Waals surface area contributed by atoms with Crippen LogP contribution in [-0.2, 0) is 6.42 Å². The molecule has 1 heterocycles. The van der Waals surface area contributed by atoms with E-state index in [2.05, 4.69) is 5.32 Å². The molecule has 0 aromatic heterocycles. The number of hydroxylamine groups is 2. The van der Waals surface area contributed by atoms with Gasteiger partial charge in [0.1, 0.15) is 0 Å². The van der Waals surface area contributed by atoms with E-state index in [1.165, 1.54) is 4.90 Å². The molecule has 0 saturated carbocycles. The molecule has 0 bridgehead atoms. The van der Waals surface area contributed by atoms with Gasteiger partial charge in [0.2, 0.25) is 0 Å². The summed E-state index contributed by atoms with van der Waals surface area (Å²) >= 11 is 12.3. The summed E-state index contributed by atoms with van der Waals surface area (Å²) in [6, 6.07) is 17.6. The van der Waals surface area contributed by atoms with E-state index in [1.54, 1.807) is 81.5 Å². The van der Waals surface area contributed by atoms with Crippen molar-refractivity contribution in [3.05, 3.63) is 82.3 Å². The van der Waals surface area contributed by atoms with Gasteiger partial charge in [0, 0.05) is 28.0 Å². The maximum Gasteiger partial charge on any atom is 0.347 e. The van der Waals surface area contributed by atoms with Crippen molar-refractivity contribution in [2.75, 3.05) is 31.0 Å². The van der Waals surface area contributed by atoms with E-state index >= 15 is 0 Å². The average Bonchev–Trinajstić information content (AvgIpc) is 3.10. The van der Waals surface area contributed by atoms with Gasteiger partial charge in [-0.3, -0.25) is 10.1 Å². The molecule has 39 heavy (non-hydrogen) atoms. The fraction of sp³-hybridized carbons (Fsp3) is 0.286. The summed E-state index contributed by atoms with van der Waals surface area (Å²) in [6.45, 7) is 3.90. The zero-order chi connectivity index (χ0) is 28.3. The van der Waals surface area contributed by atoms with Gasteiger partial charge in [-0.15, -0.1) is 0 Å². The first-order chi connectivity index (χ1) is 18.6. The van der Waals surface area contributed by atoms with Crippen molar-refractivity contribution in [1.29, 1.82) is 0 Å². The molecule has 3 aromatic rings. The Morgan fingerprint density at radius 3 is 2.31 bits per heavy atom. The lowest BCUT2D eigenvalue weighted by Crippen LogP contribution is -2.58. The highest BCUT2D eigenvalue weighted by molar-refractivity contribution is 6.31. The number of hydrogen-bond acceptors (Lipinski definition) is 5. The molecule has 0 spiro atoms. The number of nitrogens with zero attached hydrogens (tertiary/aromatic N) is 3. The largest absolute Gasteiger partial charge is 0.493 e. The zero-order valence-corrected chi connectivity index (χ0v) is 23.5. The van der Waals surface area contributed by atoms with E-state index < -0.39 is 17.7 Å². The van der Waals surface area contributed by atoms with Crippen LogP contribution in [-0.4, -0.2) is 59.7 Å². The lowest BCUT2D eigenvalue weighted by Gasteiger charge is -2.38.